The number of nitrogens with zero attached hydrogens (tertiary/aromatic N) is 1. The molecule has 0 amide bonds. The van der Waals surface area contributed by atoms with E-state index in [1.165, 1.54) is 12.1 Å². The van der Waals surface area contributed by atoms with E-state index in [4.69, 9.17) is 10.00 Å². The van der Waals surface area contributed by atoms with E-state index < -0.39 is 5.82 Å². The van der Waals surface area contributed by atoms with Crippen LogP contribution in [0.25, 0.3) is 0 Å². The highest BCUT2D eigenvalue weighted by Gasteiger charge is 2.06. The molecule has 0 aliphatic rings. The number of benzene rings is 2. The van der Waals surface area contributed by atoms with Crippen molar-refractivity contribution in [2.45, 2.75) is 20.1 Å². The molecule has 0 aliphatic heterocycles. The van der Waals surface area contributed by atoms with Gasteiger partial charge in [0.1, 0.15) is 18.2 Å². The van der Waals surface area contributed by atoms with Gasteiger partial charge in [-0.05, 0) is 43.8 Å². The first kappa shape index (κ1) is 15.0. The van der Waals surface area contributed by atoms with Crippen LogP contribution in [0.15, 0.2) is 36.4 Å². The Morgan fingerprint density at radius 3 is 2.76 bits per heavy atom. The van der Waals surface area contributed by atoms with Crippen molar-refractivity contribution in [3.63, 3.8) is 0 Å². The SMILES string of the molecule is CNCc1cc(C)ccc1OCc1cc(F)cc(C#N)c1. The van der Waals surface area contributed by atoms with Crippen LogP contribution in [-0.4, -0.2) is 7.05 Å². The summed E-state index contributed by atoms with van der Waals surface area (Å²) in [7, 11) is 1.87. The highest BCUT2D eigenvalue weighted by atomic mass is 19.1. The Bertz CT molecular complexity index is 677. The second kappa shape index (κ2) is 6.87. The number of hydrogen-bond donors (Lipinski definition) is 1. The van der Waals surface area contributed by atoms with Gasteiger partial charge in [0.2, 0.25) is 0 Å². The average molecular weight is 284 g/mol. The third kappa shape index (κ3) is 4.04. The fraction of sp³-hybridized carbons (Fsp3) is 0.235. The lowest BCUT2D eigenvalue weighted by atomic mass is 10.1. The molecule has 0 atom stereocenters. The maximum Gasteiger partial charge on any atom is 0.124 e. The van der Waals surface area contributed by atoms with Gasteiger partial charge in [-0.25, -0.2) is 4.39 Å². The highest BCUT2D eigenvalue weighted by molar-refractivity contribution is 5.38. The number of nitrogens with one attached hydrogen (secondary N) is 1. The quantitative estimate of drug-likeness (QED) is 0.916. The van der Waals surface area contributed by atoms with Crippen molar-refractivity contribution in [2.75, 3.05) is 7.05 Å². The number of rotatable bonds is 5. The molecule has 0 spiro atoms. The predicted molar refractivity (Wildman–Crippen MR) is 79.4 cm³/mol. The second-order valence-electron chi connectivity index (χ2n) is 4.89. The Balaban J connectivity index is 2.16. The molecule has 1 N–H and O–H groups in total. The minimum absolute atomic E-state index is 0.228. The topological polar surface area (TPSA) is 45.0 Å². The van der Waals surface area contributed by atoms with E-state index in [9.17, 15) is 4.39 Å². The summed E-state index contributed by atoms with van der Waals surface area (Å²) in [6, 6.07) is 12.1. The highest BCUT2D eigenvalue weighted by Crippen LogP contribution is 2.21. The molecule has 4 heteroatoms. The third-order valence-corrected chi connectivity index (χ3v) is 3.06. The summed E-state index contributed by atoms with van der Waals surface area (Å²) in [6.07, 6.45) is 0. The first-order chi connectivity index (χ1) is 10.1. The van der Waals surface area contributed by atoms with Gasteiger partial charge in [-0.3, -0.25) is 0 Å². The predicted octanol–water partition coefficient (Wildman–Crippen LogP) is 3.30. The normalized spacial score (nSPS) is 10.2. The Labute approximate surface area is 124 Å². The van der Waals surface area contributed by atoms with E-state index in [1.54, 1.807) is 6.07 Å². The van der Waals surface area contributed by atoms with Gasteiger partial charge < -0.3 is 10.1 Å². The fourth-order valence-corrected chi connectivity index (χ4v) is 2.14. The molecule has 3 nitrogen and oxygen atoms in total. The standard InChI is InChI=1S/C17H17FN2O/c1-12-3-4-17(15(5-12)10-20-2)21-11-14-6-13(9-19)7-16(18)8-14/h3-8,20H,10-11H2,1-2H3. The molecule has 0 aromatic heterocycles. The third-order valence-electron chi connectivity index (χ3n) is 3.06. The van der Waals surface area contributed by atoms with E-state index in [1.807, 2.05) is 32.2 Å². The molecule has 0 saturated carbocycles. The van der Waals surface area contributed by atoms with E-state index in [0.29, 0.717) is 17.7 Å². The van der Waals surface area contributed by atoms with Gasteiger partial charge in [0, 0.05) is 12.1 Å². The zero-order valence-electron chi connectivity index (χ0n) is 12.1. The van der Waals surface area contributed by atoms with E-state index >= 15 is 0 Å². The molecular formula is C17H17FN2O. The van der Waals surface area contributed by atoms with E-state index in [-0.39, 0.29) is 6.61 Å². The van der Waals surface area contributed by atoms with Gasteiger partial charge in [-0.2, -0.15) is 5.26 Å². The van der Waals surface area contributed by atoms with Crippen molar-refractivity contribution in [2.24, 2.45) is 0 Å². The molecule has 0 unspecified atom stereocenters. The molecule has 0 saturated heterocycles. The molecular weight excluding hydrogens is 267 g/mol. The van der Waals surface area contributed by atoms with Gasteiger partial charge in [-0.1, -0.05) is 17.7 Å². The monoisotopic (exact) mass is 284 g/mol. The van der Waals surface area contributed by atoms with Crippen LogP contribution in [0.2, 0.25) is 0 Å². The molecule has 0 bridgehead atoms. The Morgan fingerprint density at radius 2 is 2.05 bits per heavy atom. The molecule has 0 heterocycles. The molecule has 0 fully saturated rings. The fourth-order valence-electron chi connectivity index (χ4n) is 2.14. The molecule has 0 aliphatic carbocycles. The maximum absolute atomic E-state index is 13.4. The minimum Gasteiger partial charge on any atom is -0.489 e. The van der Waals surface area contributed by atoms with Crippen molar-refractivity contribution >= 4 is 0 Å². The van der Waals surface area contributed by atoms with Crippen molar-refractivity contribution in [1.29, 1.82) is 5.26 Å². The van der Waals surface area contributed by atoms with Crippen LogP contribution in [-0.2, 0) is 13.2 Å². The second-order valence-corrected chi connectivity index (χ2v) is 4.89. The largest absolute Gasteiger partial charge is 0.489 e. The van der Waals surface area contributed by atoms with Crippen LogP contribution in [0.4, 0.5) is 4.39 Å². The summed E-state index contributed by atoms with van der Waals surface area (Å²) < 4.78 is 19.1. The van der Waals surface area contributed by atoms with Crippen molar-refractivity contribution in [3.05, 3.63) is 64.5 Å². The molecule has 2 aromatic carbocycles. The Hall–Kier alpha value is -2.38. The zero-order valence-corrected chi connectivity index (χ0v) is 12.1. The molecule has 0 radical (unpaired) electrons. The number of ether oxygens (including phenoxy) is 1. The lowest BCUT2D eigenvalue weighted by molar-refractivity contribution is 0.301. The summed E-state index contributed by atoms with van der Waals surface area (Å²) in [5.74, 6) is 0.338. The Kier molecular flexibility index (Phi) is 4.91. The average Bonchev–Trinajstić information content (AvgIpc) is 2.46. The van der Waals surface area contributed by atoms with E-state index in [0.717, 1.165) is 16.9 Å². The van der Waals surface area contributed by atoms with Crippen molar-refractivity contribution < 1.29 is 9.13 Å². The van der Waals surface area contributed by atoms with Crippen LogP contribution in [0.1, 0.15) is 22.3 Å². The summed E-state index contributed by atoms with van der Waals surface area (Å²) in [5, 5.41) is 11.9. The lowest BCUT2D eigenvalue weighted by Crippen LogP contribution is -2.08. The molecule has 2 aromatic rings. The molecule has 21 heavy (non-hydrogen) atoms. The summed E-state index contributed by atoms with van der Waals surface area (Å²) in [5.41, 5.74) is 3.15. The van der Waals surface area contributed by atoms with Gasteiger partial charge >= 0.3 is 0 Å². The van der Waals surface area contributed by atoms with Gasteiger partial charge in [0.25, 0.3) is 0 Å². The van der Waals surface area contributed by atoms with E-state index in [2.05, 4.69) is 11.4 Å². The van der Waals surface area contributed by atoms with Crippen LogP contribution in [0.5, 0.6) is 5.75 Å². The first-order valence-electron chi connectivity index (χ1n) is 6.69. The minimum atomic E-state index is -0.424. The van der Waals surface area contributed by atoms with Crippen LogP contribution in [0.3, 0.4) is 0 Å². The smallest absolute Gasteiger partial charge is 0.124 e. The van der Waals surface area contributed by atoms with Gasteiger partial charge in [0.15, 0.2) is 0 Å². The number of nitriles is 1. The number of hydrogen-bond acceptors (Lipinski definition) is 3. The van der Waals surface area contributed by atoms with Gasteiger partial charge in [0.05, 0.1) is 11.6 Å². The van der Waals surface area contributed by atoms with Crippen LogP contribution in [0, 0.1) is 24.1 Å². The first-order valence-corrected chi connectivity index (χ1v) is 6.69. The summed E-state index contributed by atoms with van der Waals surface area (Å²) >= 11 is 0. The summed E-state index contributed by atoms with van der Waals surface area (Å²) in [4.78, 5) is 0. The summed E-state index contributed by atoms with van der Waals surface area (Å²) in [6.45, 7) is 2.95. The number of aryl methyl sites for hydroxylation is 1. The van der Waals surface area contributed by atoms with Crippen LogP contribution < -0.4 is 10.1 Å². The molecule has 2 rings (SSSR count). The lowest BCUT2D eigenvalue weighted by Gasteiger charge is -2.12. The van der Waals surface area contributed by atoms with Crippen molar-refractivity contribution in [3.8, 4) is 11.8 Å². The maximum atomic E-state index is 13.4. The Morgan fingerprint density at radius 1 is 1.24 bits per heavy atom. The van der Waals surface area contributed by atoms with Crippen LogP contribution >= 0.6 is 0 Å². The molecule has 108 valence electrons. The van der Waals surface area contributed by atoms with Gasteiger partial charge in [-0.15, -0.1) is 0 Å². The van der Waals surface area contributed by atoms with Crippen molar-refractivity contribution in [1.82, 2.24) is 5.32 Å². The number of halogens is 1. The zero-order chi connectivity index (χ0) is 15.2.